The van der Waals surface area contributed by atoms with Gasteiger partial charge in [-0.15, -0.1) is 0 Å². The third-order valence-corrected chi connectivity index (χ3v) is 4.09. The Labute approximate surface area is 120 Å². The summed E-state index contributed by atoms with van der Waals surface area (Å²) in [7, 11) is 0. The van der Waals surface area contributed by atoms with Crippen LogP contribution in [-0.2, 0) is 6.54 Å². The van der Waals surface area contributed by atoms with Gasteiger partial charge < -0.3 is 14.6 Å². The van der Waals surface area contributed by atoms with E-state index in [0.29, 0.717) is 0 Å². The molecule has 0 unspecified atom stereocenters. The number of anilines is 2. The average molecular weight is 270 g/mol. The number of furan rings is 1. The number of nitrogens with zero attached hydrogens (tertiary/aromatic N) is 1. The topological polar surface area (TPSA) is 28.4 Å². The minimum atomic E-state index is 0.739. The molecule has 0 spiro atoms. The molecule has 3 heteroatoms. The van der Waals surface area contributed by atoms with Crippen molar-refractivity contribution in [1.29, 1.82) is 0 Å². The van der Waals surface area contributed by atoms with Crippen LogP contribution in [0, 0.1) is 13.8 Å². The maximum Gasteiger partial charge on any atom is 0.125 e. The van der Waals surface area contributed by atoms with Gasteiger partial charge >= 0.3 is 0 Å². The van der Waals surface area contributed by atoms with Crippen LogP contribution in [0.4, 0.5) is 11.4 Å². The van der Waals surface area contributed by atoms with Crippen molar-refractivity contribution in [2.45, 2.75) is 33.2 Å². The molecule has 1 fully saturated rings. The lowest BCUT2D eigenvalue weighted by atomic mass is 10.1. The Balaban J connectivity index is 1.69. The molecule has 3 nitrogen and oxygen atoms in total. The summed E-state index contributed by atoms with van der Waals surface area (Å²) in [5.74, 6) is 1.01. The third kappa shape index (κ3) is 2.67. The van der Waals surface area contributed by atoms with Crippen molar-refractivity contribution < 1.29 is 4.42 Å². The van der Waals surface area contributed by atoms with Gasteiger partial charge in [-0.2, -0.15) is 0 Å². The smallest absolute Gasteiger partial charge is 0.125 e. The van der Waals surface area contributed by atoms with E-state index in [4.69, 9.17) is 4.42 Å². The van der Waals surface area contributed by atoms with Crippen molar-refractivity contribution in [2.24, 2.45) is 0 Å². The van der Waals surface area contributed by atoms with Gasteiger partial charge in [0, 0.05) is 24.5 Å². The second kappa shape index (κ2) is 5.61. The quantitative estimate of drug-likeness (QED) is 0.906. The van der Waals surface area contributed by atoms with E-state index in [9.17, 15) is 0 Å². The van der Waals surface area contributed by atoms with Crippen molar-refractivity contribution in [3.63, 3.8) is 0 Å². The lowest BCUT2D eigenvalue weighted by Gasteiger charge is -2.19. The highest BCUT2D eigenvalue weighted by atomic mass is 16.3. The van der Waals surface area contributed by atoms with E-state index in [2.05, 4.69) is 42.3 Å². The van der Waals surface area contributed by atoms with Crippen LogP contribution in [0.1, 0.15) is 29.7 Å². The molecule has 106 valence electrons. The molecule has 0 saturated carbocycles. The third-order valence-electron chi connectivity index (χ3n) is 4.09. The molecule has 1 aromatic carbocycles. The fourth-order valence-electron chi connectivity index (χ4n) is 2.78. The van der Waals surface area contributed by atoms with E-state index in [1.807, 2.05) is 6.07 Å². The Morgan fingerprint density at radius 3 is 2.55 bits per heavy atom. The van der Waals surface area contributed by atoms with Crippen LogP contribution in [0.2, 0.25) is 0 Å². The Hall–Kier alpha value is -1.90. The van der Waals surface area contributed by atoms with E-state index in [0.717, 1.165) is 12.3 Å². The summed E-state index contributed by atoms with van der Waals surface area (Å²) in [6.07, 6.45) is 4.38. The van der Waals surface area contributed by atoms with Gasteiger partial charge in [-0.1, -0.05) is 0 Å². The highest BCUT2D eigenvalue weighted by molar-refractivity contribution is 5.60. The van der Waals surface area contributed by atoms with E-state index in [-0.39, 0.29) is 0 Å². The minimum absolute atomic E-state index is 0.739. The standard InChI is InChI=1S/C17H22N2O/c1-13-7-10-20-17(13)12-18-16-6-5-15(11-14(16)2)19-8-3-4-9-19/h5-7,10-11,18H,3-4,8-9,12H2,1-2H3. The summed E-state index contributed by atoms with van der Waals surface area (Å²) in [4.78, 5) is 2.47. The SMILES string of the molecule is Cc1cc(N2CCCC2)ccc1NCc1occc1C. The number of hydrogen-bond donors (Lipinski definition) is 1. The van der Waals surface area contributed by atoms with E-state index in [1.54, 1.807) is 6.26 Å². The van der Waals surface area contributed by atoms with Gasteiger partial charge in [0.05, 0.1) is 12.8 Å². The fraction of sp³-hybridized carbons (Fsp3) is 0.412. The molecular weight excluding hydrogens is 248 g/mol. The molecular formula is C17H22N2O. The van der Waals surface area contributed by atoms with Crippen molar-refractivity contribution in [3.8, 4) is 0 Å². The molecule has 3 rings (SSSR count). The zero-order valence-corrected chi connectivity index (χ0v) is 12.3. The number of hydrogen-bond acceptors (Lipinski definition) is 3. The monoisotopic (exact) mass is 270 g/mol. The van der Waals surface area contributed by atoms with Gasteiger partial charge in [-0.05, 0) is 62.1 Å². The maximum absolute atomic E-state index is 5.46. The lowest BCUT2D eigenvalue weighted by molar-refractivity contribution is 0.515. The first-order valence-corrected chi connectivity index (χ1v) is 7.36. The first kappa shape index (κ1) is 13.1. The summed E-state index contributed by atoms with van der Waals surface area (Å²) in [5, 5.41) is 3.46. The molecule has 2 heterocycles. The zero-order valence-electron chi connectivity index (χ0n) is 12.3. The molecule has 0 bridgehead atoms. The molecule has 1 N–H and O–H groups in total. The fourth-order valence-corrected chi connectivity index (χ4v) is 2.78. The number of rotatable bonds is 4. The molecule has 1 aliphatic rings. The Kier molecular flexibility index (Phi) is 3.68. The Morgan fingerprint density at radius 1 is 1.10 bits per heavy atom. The molecule has 1 aromatic heterocycles. The van der Waals surface area contributed by atoms with Crippen LogP contribution in [0.15, 0.2) is 34.9 Å². The Bertz CT molecular complexity index is 582. The van der Waals surface area contributed by atoms with Crippen LogP contribution in [0.25, 0.3) is 0 Å². The molecule has 1 aliphatic heterocycles. The first-order valence-electron chi connectivity index (χ1n) is 7.36. The Morgan fingerprint density at radius 2 is 1.90 bits per heavy atom. The molecule has 0 aliphatic carbocycles. The number of nitrogens with one attached hydrogen (secondary N) is 1. The summed E-state index contributed by atoms with van der Waals surface area (Å²) in [6.45, 7) is 7.36. The van der Waals surface area contributed by atoms with Gasteiger partial charge in [-0.3, -0.25) is 0 Å². The van der Waals surface area contributed by atoms with Crippen LogP contribution in [-0.4, -0.2) is 13.1 Å². The zero-order chi connectivity index (χ0) is 13.9. The predicted octanol–water partition coefficient (Wildman–Crippen LogP) is 4.11. The normalized spacial score (nSPS) is 14.8. The summed E-state index contributed by atoms with van der Waals surface area (Å²) in [5.41, 5.74) is 5.02. The van der Waals surface area contributed by atoms with E-state index >= 15 is 0 Å². The first-order chi connectivity index (χ1) is 9.74. The van der Waals surface area contributed by atoms with Crippen molar-refractivity contribution in [2.75, 3.05) is 23.3 Å². The van der Waals surface area contributed by atoms with E-state index in [1.165, 1.54) is 48.4 Å². The van der Waals surface area contributed by atoms with Crippen LogP contribution in [0.5, 0.6) is 0 Å². The molecule has 0 atom stereocenters. The van der Waals surface area contributed by atoms with Gasteiger partial charge in [-0.25, -0.2) is 0 Å². The molecule has 2 aromatic rings. The largest absolute Gasteiger partial charge is 0.467 e. The minimum Gasteiger partial charge on any atom is -0.467 e. The second-order valence-electron chi connectivity index (χ2n) is 5.57. The summed E-state index contributed by atoms with van der Waals surface area (Å²) < 4.78 is 5.46. The van der Waals surface area contributed by atoms with Gasteiger partial charge in [0.15, 0.2) is 0 Å². The van der Waals surface area contributed by atoms with Gasteiger partial charge in [0.1, 0.15) is 5.76 Å². The van der Waals surface area contributed by atoms with Gasteiger partial charge in [0.2, 0.25) is 0 Å². The maximum atomic E-state index is 5.46. The summed E-state index contributed by atoms with van der Waals surface area (Å²) >= 11 is 0. The lowest BCUT2D eigenvalue weighted by Crippen LogP contribution is -2.17. The number of benzene rings is 1. The van der Waals surface area contributed by atoms with Gasteiger partial charge in [0.25, 0.3) is 0 Å². The molecule has 0 radical (unpaired) electrons. The molecule has 1 saturated heterocycles. The second-order valence-corrected chi connectivity index (χ2v) is 5.57. The van der Waals surface area contributed by atoms with E-state index < -0.39 is 0 Å². The van der Waals surface area contributed by atoms with Crippen LogP contribution in [0.3, 0.4) is 0 Å². The predicted molar refractivity (Wildman–Crippen MR) is 83.4 cm³/mol. The van der Waals surface area contributed by atoms with Crippen LogP contribution >= 0.6 is 0 Å². The van der Waals surface area contributed by atoms with Crippen molar-refractivity contribution in [3.05, 3.63) is 47.4 Å². The van der Waals surface area contributed by atoms with Crippen LogP contribution < -0.4 is 10.2 Å². The van der Waals surface area contributed by atoms with Crippen molar-refractivity contribution >= 4 is 11.4 Å². The molecule has 0 amide bonds. The van der Waals surface area contributed by atoms with Crippen molar-refractivity contribution in [1.82, 2.24) is 0 Å². The summed E-state index contributed by atoms with van der Waals surface area (Å²) in [6, 6.07) is 8.68. The highest BCUT2D eigenvalue weighted by Crippen LogP contribution is 2.26. The average Bonchev–Trinajstić information content (AvgIpc) is 3.09. The highest BCUT2D eigenvalue weighted by Gasteiger charge is 2.13. The number of aryl methyl sites for hydroxylation is 2. The molecule has 20 heavy (non-hydrogen) atoms.